The predicted molar refractivity (Wildman–Crippen MR) is 114 cm³/mol. The Morgan fingerprint density at radius 1 is 1.07 bits per heavy atom. The molecule has 0 heterocycles. The van der Waals surface area contributed by atoms with Crippen LogP contribution in [-0.2, 0) is 9.59 Å². The van der Waals surface area contributed by atoms with Gasteiger partial charge in [0.1, 0.15) is 11.4 Å². The summed E-state index contributed by atoms with van der Waals surface area (Å²) in [6.07, 6.45) is 1.45. The third-order valence-electron chi connectivity index (χ3n) is 4.25. The van der Waals surface area contributed by atoms with E-state index in [0.717, 1.165) is 0 Å². The fourth-order valence-electron chi connectivity index (χ4n) is 2.58. The van der Waals surface area contributed by atoms with Gasteiger partial charge in [-0.15, -0.1) is 0 Å². The van der Waals surface area contributed by atoms with Gasteiger partial charge in [-0.05, 0) is 57.8 Å². The average Bonchev–Trinajstić information content (AvgIpc) is 2.71. The zero-order valence-corrected chi connectivity index (χ0v) is 18.4. The summed E-state index contributed by atoms with van der Waals surface area (Å²) >= 11 is 3.30. The van der Waals surface area contributed by atoms with Crippen LogP contribution in [0.4, 0.5) is 0 Å². The number of amides is 2. The van der Waals surface area contributed by atoms with Crippen molar-refractivity contribution in [2.45, 2.75) is 19.9 Å². The molecule has 1 atom stereocenters. The Hall–Kier alpha value is -3.13. The molecule has 158 valence electrons. The van der Waals surface area contributed by atoms with Crippen LogP contribution < -0.4 is 20.5 Å². The second-order valence-corrected chi connectivity index (χ2v) is 7.63. The minimum absolute atomic E-state index is 0.104. The van der Waals surface area contributed by atoms with Crippen molar-refractivity contribution >= 4 is 39.8 Å². The monoisotopic (exact) mass is 473 g/mol. The molecule has 2 rings (SSSR count). The highest BCUT2D eigenvalue weighted by Crippen LogP contribution is 2.17. The van der Waals surface area contributed by atoms with Crippen LogP contribution in [0.15, 0.2) is 58.7 Å². The van der Waals surface area contributed by atoms with Crippen LogP contribution in [0, 0.1) is 5.92 Å². The second-order valence-electron chi connectivity index (χ2n) is 6.78. The number of aliphatic carboxylic acids is 1. The number of hydrogen-bond donors (Lipinski definition) is 2. The van der Waals surface area contributed by atoms with Crippen molar-refractivity contribution in [2.24, 2.45) is 5.92 Å². The number of carboxylic acid groups (broad SMARTS) is 1. The number of carbonyl (C=O) groups is 3. The van der Waals surface area contributed by atoms with Crippen molar-refractivity contribution in [3.63, 3.8) is 0 Å². The molecule has 0 bridgehead atoms. The molecule has 2 amide bonds. The van der Waals surface area contributed by atoms with E-state index in [0.29, 0.717) is 21.3 Å². The number of nitrogens with one attached hydrogen (secondary N) is 2. The summed E-state index contributed by atoms with van der Waals surface area (Å²) in [5.74, 6) is -2.44. The number of rotatable bonds is 8. The van der Waals surface area contributed by atoms with E-state index in [1.165, 1.54) is 13.2 Å². The molecule has 0 spiro atoms. The lowest BCUT2D eigenvalue weighted by atomic mass is 10.0. The van der Waals surface area contributed by atoms with E-state index in [4.69, 9.17) is 4.74 Å². The van der Waals surface area contributed by atoms with Gasteiger partial charge >= 0.3 is 0 Å². The Kier molecular flexibility index (Phi) is 8.17. The first-order valence-electron chi connectivity index (χ1n) is 9.16. The van der Waals surface area contributed by atoms with Gasteiger partial charge in [-0.1, -0.05) is 38.1 Å². The molecule has 0 aliphatic heterocycles. The minimum Gasteiger partial charge on any atom is -0.548 e. The van der Waals surface area contributed by atoms with Crippen LogP contribution in [0.5, 0.6) is 5.75 Å². The molecule has 0 aromatic heterocycles. The third kappa shape index (κ3) is 6.18. The molecule has 7 nitrogen and oxygen atoms in total. The summed E-state index contributed by atoms with van der Waals surface area (Å²) in [5.41, 5.74) is 0.835. The second kappa shape index (κ2) is 10.6. The van der Waals surface area contributed by atoms with Gasteiger partial charge in [0, 0.05) is 4.47 Å². The SMILES string of the molecule is COc1ccc(/C=C(\NC(=O)c2ccccc2Br)C(=O)N[C@@H](C(=O)[O-])C(C)C)cc1. The molecule has 0 radical (unpaired) electrons. The number of carbonyl (C=O) groups excluding carboxylic acids is 3. The minimum atomic E-state index is -1.40. The van der Waals surface area contributed by atoms with Gasteiger partial charge in [0.25, 0.3) is 11.8 Å². The van der Waals surface area contributed by atoms with Crippen LogP contribution in [0.3, 0.4) is 0 Å². The third-order valence-corrected chi connectivity index (χ3v) is 4.94. The molecule has 0 fully saturated rings. The van der Waals surface area contributed by atoms with Crippen LogP contribution in [0.1, 0.15) is 29.8 Å². The van der Waals surface area contributed by atoms with E-state index in [1.807, 2.05) is 0 Å². The molecule has 2 aromatic rings. The van der Waals surface area contributed by atoms with E-state index in [2.05, 4.69) is 26.6 Å². The van der Waals surface area contributed by atoms with E-state index in [-0.39, 0.29) is 5.70 Å². The molecule has 0 saturated carbocycles. The highest BCUT2D eigenvalue weighted by atomic mass is 79.9. The van der Waals surface area contributed by atoms with Crippen LogP contribution in [0.25, 0.3) is 6.08 Å². The highest BCUT2D eigenvalue weighted by molar-refractivity contribution is 9.10. The van der Waals surface area contributed by atoms with E-state index in [1.54, 1.807) is 62.4 Å². The van der Waals surface area contributed by atoms with E-state index in [9.17, 15) is 19.5 Å². The van der Waals surface area contributed by atoms with Crippen molar-refractivity contribution in [3.8, 4) is 5.75 Å². The number of benzene rings is 2. The largest absolute Gasteiger partial charge is 0.548 e. The number of ether oxygens (including phenoxy) is 1. The highest BCUT2D eigenvalue weighted by Gasteiger charge is 2.22. The molecule has 30 heavy (non-hydrogen) atoms. The summed E-state index contributed by atoms with van der Waals surface area (Å²) in [6, 6.07) is 12.4. The number of halogens is 1. The molecule has 2 aromatic carbocycles. The Labute approximate surface area is 183 Å². The molecular formula is C22H22BrN2O5-. The lowest BCUT2D eigenvalue weighted by molar-refractivity contribution is -0.309. The number of hydrogen-bond acceptors (Lipinski definition) is 5. The van der Waals surface area contributed by atoms with Gasteiger partial charge in [-0.25, -0.2) is 0 Å². The van der Waals surface area contributed by atoms with E-state index < -0.39 is 29.7 Å². The lowest BCUT2D eigenvalue weighted by Gasteiger charge is -2.24. The summed E-state index contributed by atoms with van der Waals surface area (Å²) in [6.45, 7) is 3.29. The Morgan fingerprint density at radius 2 is 1.70 bits per heavy atom. The van der Waals surface area contributed by atoms with Crippen LogP contribution in [-0.4, -0.2) is 30.9 Å². The Morgan fingerprint density at radius 3 is 2.23 bits per heavy atom. The van der Waals surface area contributed by atoms with Crippen molar-refractivity contribution in [3.05, 3.63) is 69.8 Å². The maximum Gasteiger partial charge on any atom is 0.268 e. The predicted octanol–water partition coefficient (Wildman–Crippen LogP) is 2.12. The number of carboxylic acids is 1. The van der Waals surface area contributed by atoms with Gasteiger partial charge < -0.3 is 25.3 Å². The smallest absolute Gasteiger partial charge is 0.268 e. The van der Waals surface area contributed by atoms with Crippen molar-refractivity contribution in [2.75, 3.05) is 7.11 Å². The Balaban J connectivity index is 2.37. The maximum absolute atomic E-state index is 12.8. The first-order valence-corrected chi connectivity index (χ1v) is 9.95. The van der Waals surface area contributed by atoms with Gasteiger partial charge in [-0.3, -0.25) is 9.59 Å². The van der Waals surface area contributed by atoms with Gasteiger partial charge in [0.2, 0.25) is 0 Å². The van der Waals surface area contributed by atoms with Gasteiger partial charge in [0.15, 0.2) is 0 Å². The summed E-state index contributed by atoms with van der Waals surface area (Å²) < 4.78 is 5.67. The van der Waals surface area contributed by atoms with Gasteiger partial charge in [0.05, 0.1) is 24.7 Å². The normalized spacial score (nSPS) is 12.2. The molecule has 0 saturated heterocycles. The fraction of sp³-hybridized carbons (Fsp3) is 0.227. The summed E-state index contributed by atoms with van der Waals surface area (Å²) in [7, 11) is 1.54. The molecular weight excluding hydrogens is 452 g/mol. The standard InChI is InChI=1S/C22H23BrN2O5/c1-13(2)19(22(28)29)25-21(27)18(12-14-8-10-15(30-3)11-9-14)24-20(26)16-6-4-5-7-17(16)23/h4-13,19H,1-3H3,(H,24,26)(H,25,27)(H,28,29)/p-1/b18-12-/t19-/m1/s1. The quantitative estimate of drug-likeness (QED) is 0.570. The molecule has 0 unspecified atom stereocenters. The molecule has 8 heteroatoms. The zero-order valence-electron chi connectivity index (χ0n) is 16.8. The molecule has 0 aliphatic carbocycles. The first-order chi connectivity index (χ1) is 14.2. The topological polar surface area (TPSA) is 108 Å². The van der Waals surface area contributed by atoms with Crippen LogP contribution in [0.2, 0.25) is 0 Å². The first kappa shape index (κ1) is 23.2. The fourth-order valence-corrected chi connectivity index (χ4v) is 3.04. The lowest BCUT2D eigenvalue weighted by Crippen LogP contribution is -2.52. The van der Waals surface area contributed by atoms with Crippen molar-refractivity contribution in [1.29, 1.82) is 0 Å². The molecule has 2 N–H and O–H groups in total. The number of methoxy groups -OCH3 is 1. The average molecular weight is 474 g/mol. The Bertz CT molecular complexity index is 954. The summed E-state index contributed by atoms with van der Waals surface area (Å²) in [5, 5.41) is 16.3. The zero-order chi connectivity index (χ0) is 22.3. The maximum atomic E-state index is 12.8. The molecule has 0 aliphatic rings. The van der Waals surface area contributed by atoms with Crippen molar-refractivity contribution in [1.82, 2.24) is 10.6 Å². The van der Waals surface area contributed by atoms with E-state index >= 15 is 0 Å². The van der Waals surface area contributed by atoms with Crippen LogP contribution >= 0.6 is 15.9 Å². The van der Waals surface area contributed by atoms with Crippen molar-refractivity contribution < 1.29 is 24.2 Å². The van der Waals surface area contributed by atoms with Gasteiger partial charge in [-0.2, -0.15) is 0 Å². The summed E-state index contributed by atoms with van der Waals surface area (Å²) in [4.78, 5) is 36.9.